The summed E-state index contributed by atoms with van der Waals surface area (Å²) < 4.78 is 38.8. The molecule has 0 fully saturated rings. The van der Waals surface area contributed by atoms with Gasteiger partial charge in [-0.3, -0.25) is 4.79 Å². The van der Waals surface area contributed by atoms with Gasteiger partial charge in [-0.1, -0.05) is 13.8 Å². The fourth-order valence-corrected chi connectivity index (χ4v) is 1.20. The molecule has 1 aromatic carbocycles. The van der Waals surface area contributed by atoms with Gasteiger partial charge < -0.3 is 5.32 Å². The Labute approximate surface area is 103 Å². The molecule has 0 spiro atoms. The zero-order chi connectivity index (χ0) is 13.2. The molecule has 17 heavy (non-hydrogen) atoms. The first-order valence-electron chi connectivity index (χ1n) is 4.97. The van der Waals surface area contributed by atoms with Crippen molar-refractivity contribution in [1.82, 2.24) is 0 Å². The van der Waals surface area contributed by atoms with Crippen molar-refractivity contribution in [2.24, 2.45) is 5.92 Å². The van der Waals surface area contributed by atoms with Crippen LogP contribution in [0.15, 0.2) is 12.1 Å². The van der Waals surface area contributed by atoms with Crippen molar-refractivity contribution in [2.75, 3.05) is 5.32 Å². The Morgan fingerprint density at radius 1 is 1.24 bits per heavy atom. The Morgan fingerprint density at radius 3 is 2.35 bits per heavy atom. The highest BCUT2D eigenvalue weighted by Crippen LogP contribution is 2.21. The van der Waals surface area contributed by atoms with Crippen LogP contribution in [0.2, 0.25) is 0 Å². The van der Waals surface area contributed by atoms with Gasteiger partial charge in [-0.2, -0.15) is 12.6 Å². The van der Waals surface area contributed by atoms with E-state index in [1.807, 2.05) is 0 Å². The molecule has 0 saturated heterocycles. The number of thiol groups is 1. The molecule has 0 radical (unpaired) electrons. The highest BCUT2D eigenvalue weighted by molar-refractivity contribution is 7.81. The molecule has 1 rings (SSSR count). The van der Waals surface area contributed by atoms with E-state index in [1.165, 1.54) is 0 Å². The monoisotopic (exact) mass is 263 g/mol. The van der Waals surface area contributed by atoms with Gasteiger partial charge in [0.15, 0.2) is 17.5 Å². The average Bonchev–Trinajstić information content (AvgIpc) is 2.28. The largest absolute Gasteiger partial charge is 0.323 e. The summed E-state index contributed by atoms with van der Waals surface area (Å²) in [5.41, 5.74) is -0.395. The average molecular weight is 263 g/mol. The van der Waals surface area contributed by atoms with Crippen LogP contribution in [0.4, 0.5) is 18.9 Å². The van der Waals surface area contributed by atoms with E-state index in [2.05, 4.69) is 17.9 Å². The molecule has 2 nitrogen and oxygen atoms in total. The van der Waals surface area contributed by atoms with Gasteiger partial charge in [0, 0.05) is 0 Å². The first-order valence-corrected chi connectivity index (χ1v) is 5.48. The number of hydrogen-bond donors (Lipinski definition) is 2. The van der Waals surface area contributed by atoms with Gasteiger partial charge in [-0.25, -0.2) is 13.2 Å². The molecular formula is C11H12F3NOS. The Bertz CT molecular complexity index is 437. The molecule has 0 aliphatic heterocycles. The van der Waals surface area contributed by atoms with Crippen LogP contribution in [0.5, 0.6) is 0 Å². The van der Waals surface area contributed by atoms with Crippen LogP contribution in [0.1, 0.15) is 13.8 Å². The molecule has 0 aliphatic carbocycles. The van der Waals surface area contributed by atoms with Crippen LogP contribution in [-0.4, -0.2) is 11.2 Å². The second-order valence-corrected chi connectivity index (χ2v) is 4.46. The van der Waals surface area contributed by atoms with E-state index >= 15 is 0 Å². The molecule has 0 bridgehead atoms. The highest BCUT2D eigenvalue weighted by Gasteiger charge is 2.20. The van der Waals surface area contributed by atoms with Crippen LogP contribution in [0, 0.1) is 23.4 Å². The zero-order valence-corrected chi connectivity index (χ0v) is 10.2. The summed E-state index contributed by atoms with van der Waals surface area (Å²) in [5, 5.41) is 1.51. The standard InChI is InChI=1S/C11H12F3NOS/c1-5(2)10(17)11(16)15-7-4-3-6(12)8(13)9(7)14/h3-5,10,17H,1-2H3,(H,15,16). The Hall–Kier alpha value is -1.17. The van der Waals surface area contributed by atoms with E-state index in [1.54, 1.807) is 13.8 Å². The molecule has 0 saturated carbocycles. The highest BCUT2D eigenvalue weighted by atomic mass is 32.1. The van der Waals surface area contributed by atoms with Gasteiger partial charge in [0.2, 0.25) is 5.91 Å². The fourth-order valence-electron chi connectivity index (χ4n) is 1.13. The number of carbonyl (C=O) groups is 1. The quantitative estimate of drug-likeness (QED) is 0.637. The third-order valence-electron chi connectivity index (χ3n) is 2.19. The van der Waals surface area contributed by atoms with Gasteiger partial charge in [0.05, 0.1) is 10.9 Å². The van der Waals surface area contributed by atoms with Gasteiger partial charge >= 0.3 is 0 Å². The fraction of sp³-hybridized carbons (Fsp3) is 0.364. The zero-order valence-electron chi connectivity index (χ0n) is 9.30. The minimum Gasteiger partial charge on any atom is -0.323 e. The first-order chi connectivity index (χ1) is 7.84. The SMILES string of the molecule is CC(C)C(S)C(=O)Nc1ccc(F)c(F)c1F. The topological polar surface area (TPSA) is 29.1 Å². The molecule has 0 aliphatic rings. The normalized spacial score (nSPS) is 12.6. The number of benzene rings is 1. The van der Waals surface area contributed by atoms with Gasteiger partial charge in [0.25, 0.3) is 0 Å². The van der Waals surface area contributed by atoms with Crippen LogP contribution >= 0.6 is 12.6 Å². The van der Waals surface area contributed by atoms with Crippen molar-refractivity contribution in [1.29, 1.82) is 0 Å². The number of carbonyl (C=O) groups excluding carboxylic acids is 1. The molecule has 94 valence electrons. The van der Waals surface area contributed by atoms with Crippen LogP contribution in [0.25, 0.3) is 0 Å². The summed E-state index contributed by atoms with van der Waals surface area (Å²) in [7, 11) is 0. The molecule has 1 unspecified atom stereocenters. The number of nitrogens with one attached hydrogen (secondary N) is 1. The molecule has 0 aromatic heterocycles. The minimum atomic E-state index is -1.61. The lowest BCUT2D eigenvalue weighted by atomic mass is 10.1. The number of rotatable bonds is 3. The van der Waals surface area contributed by atoms with E-state index in [0.29, 0.717) is 0 Å². The second-order valence-electron chi connectivity index (χ2n) is 3.90. The van der Waals surface area contributed by atoms with E-state index in [4.69, 9.17) is 0 Å². The summed E-state index contributed by atoms with van der Waals surface area (Å²) in [6.07, 6.45) is 0. The maximum Gasteiger partial charge on any atom is 0.237 e. The number of hydrogen-bond acceptors (Lipinski definition) is 2. The summed E-state index contributed by atoms with van der Waals surface area (Å²) in [6.45, 7) is 3.53. The van der Waals surface area contributed by atoms with Gasteiger partial charge in [-0.15, -0.1) is 0 Å². The Balaban J connectivity index is 2.90. The maximum absolute atomic E-state index is 13.2. The van der Waals surface area contributed by atoms with Crippen LogP contribution < -0.4 is 5.32 Å². The minimum absolute atomic E-state index is 0.0633. The molecule has 1 amide bonds. The molecule has 1 N–H and O–H groups in total. The lowest BCUT2D eigenvalue weighted by Gasteiger charge is -2.15. The van der Waals surface area contributed by atoms with Gasteiger partial charge in [-0.05, 0) is 18.1 Å². The third kappa shape index (κ3) is 3.15. The predicted octanol–water partition coefficient (Wildman–Crippen LogP) is 3.00. The van der Waals surface area contributed by atoms with Crippen LogP contribution in [0.3, 0.4) is 0 Å². The molecule has 6 heteroatoms. The van der Waals surface area contributed by atoms with Crippen molar-refractivity contribution in [3.63, 3.8) is 0 Å². The van der Waals surface area contributed by atoms with E-state index in [0.717, 1.165) is 12.1 Å². The lowest BCUT2D eigenvalue weighted by molar-refractivity contribution is -0.116. The summed E-state index contributed by atoms with van der Waals surface area (Å²) in [6, 6.07) is 1.71. The second kappa shape index (κ2) is 5.44. The van der Waals surface area contributed by atoms with E-state index in [-0.39, 0.29) is 5.92 Å². The van der Waals surface area contributed by atoms with Crippen molar-refractivity contribution < 1.29 is 18.0 Å². The Morgan fingerprint density at radius 2 is 1.82 bits per heavy atom. The van der Waals surface area contributed by atoms with E-state index < -0.39 is 34.3 Å². The van der Waals surface area contributed by atoms with Crippen LogP contribution in [-0.2, 0) is 4.79 Å². The predicted molar refractivity (Wildman–Crippen MR) is 62.6 cm³/mol. The van der Waals surface area contributed by atoms with E-state index in [9.17, 15) is 18.0 Å². The summed E-state index contributed by atoms with van der Waals surface area (Å²) in [4.78, 5) is 11.5. The third-order valence-corrected chi connectivity index (χ3v) is 3.02. The number of anilines is 1. The summed E-state index contributed by atoms with van der Waals surface area (Å²) in [5.74, 6) is -4.95. The number of halogens is 3. The molecule has 0 heterocycles. The van der Waals surface area contributed by atoms with Crippen molar-refractivity contribution >= 4 is 24.2 Å². The molecule has 1 atom stereocenters. The Kier molecular flexibility index (Phi) is 4.45. The molecule has 1 aromatic rings. The summed E-state index contributed by atoms with van der Waals surface area (Å²) >= 11 is 4.03. The van der Waals surface area contributed by atoms with Crippen molar-refractivity contribution in [3.05, 3.63) is 29.6 Å². The van der Waals surface area contributed by atoms with Crippen molar-refractivity contribution in [2.45, 2.75) is 19.1 Å². The number of amides is 1. The maximum atomic E-state index is 13.2. The smallest absolute Gasteiger partial charge is 0.237 e. The lowest BCUT2D eigenvalue weighted by Crippen LogP contribution is -2.28. The van der Waals surface area contributed by atoms with Gasteiger partial charge in [0.1, 0.15) is 0 Å². The molecular weight excluding hydrogens is 251 g/mol. The first kappa shape index (κ1) is 13.9. The van der Waals surface area contributed by atoms with Crippen molar-refractivity contribution in [3.8, 4) is 0 Å².